The van der Waals surface area contributed by atoms with Crippen LogP contribution in [0.25, 0.3) is 27.8 Å². The van der Waals surface area contributed by atoms with Gasteiger partial charge in [-0.2, -0.15) is 4.31 Å². The fourth-order valence-electron chi connectivity index (χ4n) is 6.38. The maximum atomic E-state index is 15.9. The van der Waals surface area contributed by atoms with Crippen LogP contribution in [0.5, 0.6) is 0 Å². The molecule has 1 aliphatic rings. The lowest BCUT2D eigenvalue weighted by Crippen LogP contribution is -2.44. The number of halogens is 3. The minimum Gasteiger partial charge on any atom is -0.333 e. The highest BCUT2D eigenvalue weighted by Crippen LogP contribution is 2.34. The molecule has 0 spiro atoms. The van der Waals surface area contributed by atoms with Crippen LogP contribution in [0.1, 0.15) is 18.4 Å². The van der Waals surface area contributed by atoms with Gasteiger partial charge in [0.25, 0.3) is 10.0 Å². The molecule has 17 heteroatoms. The third-order valence-corrected chi connectivity index (χ3v) is 12.7. The Bertz CT molecular complexity index is 2580. The molecule has 3 aromatic carbocycles. The molecule has 1 saturated heterocycles. The number of anilines is 3. The van der Waals surface area contributed by atoms with E-state index >= 15 is 8.78 Å². The van der Waals surface area contributed by atoms with Crippen LogP contribution in [0.4, 0.5) is 30.4 Å². The summed E-state index contributed by atoms with van der Waals surface area (Å²) in [5.74, 6) is -2.95. The van der Waals surface area contributed by atoms with E-state index in [4.69, 9.17) is 4.98 Å². The van der Waals surface area contributed by atoms with Gasteiger partial charge in [-0.25, -0.2) is 45.0 Å². The summed E-state index contributed by atoms with van der Waals surface area (Å²) in [5, 5.41) is 3.09. The number of hydrogen-bond donors (Lipinski definition) is 2. The van der Waals surface area contributed by atoms with Crippen molar-refractivity contribution in [2.45, 2.75) is 35.6 Å². The molecule has 0 radical (unpaired) electrons. The van der Waals surface area contributed by atoms with Gasteiger partial charge in [-0.05, 0) is 76.3 Å². The zero-order valence-electron chi connectivity index (χ0n) is 28.2. The second-order valence-corrected chi connectivity index (χ2v) is 16.2. The van der Waals surface area contributed by atoms with Gasteiger partial charge < -0.3 is 10.2 Å². The number of hydrogen-bond acceptors (Lipinski definition) is 9. The van der Waals surface area contributed by atoms with Crippen LogP contribution in [0.3, 0.4) is 0 Å². The molecule has 7 rings (SSSR count). The SMILES string of the molecule is Cc1c(F)cccc1S(=O)(=O)Nc1ccc(F)c(Nc2ncnc3ccc(-n4cc(S(=O)(=O)N5CCC(N(C)C)CC5)c5ccccc54)nc23)c1F. The molecule has 3 aromatic heterocycles. The molecule has 0 aliphatic carbocycles. The molecule has 0 bridgehead atoms. The third kappa shape index (κ3) is 6.33. The average molecular weight is 751 g/mol. The Hall–Kier alpha value is -5.10. The number of nitrogens with zero attached hydrogens (tertiary/aromatic N) is 6. The van der Waals surface area contributed by atoms with E-state index in [9.17, 15) is 21.2 Å². The summed E-state index contributed by atoms with van der Waals surface area (Å²) in [7, 11) is -4.39. The topological polar surface area (TPSA) is 142 Å². The van der Waals surface area contributed by atoms with E-state index in [1.54, 1.807) is 41.0 Å². The largest absolute Gasteiger partial charge is 0.333 e. The van der Waals surface area contributed by atoms with Gasteiger partial charge in [0.15, 0.2) is 11.6 Å². The summed E-state index contributed by atoms with van der Waals surface area (Å²) in [5.41, 5.74) is -0.552. The number of sulfonamides is 2. The van der Waals surface area contributed by atoms with Gasteiger partial charge in [-0.3, -0.25) is 9.29 Å². The fraction of sp³-hybridized carbons (Fsp3) is 0.229. The highest BCUT2D eigenvalue weighted by atomic mass is 32.2. The molecular weight excluding hydrogens is 718 g/mol. The van der Waals surface area contributed by atoms with E-state index in [1.165, 1.54) is 23.5 Å². The van der Waals surface area contributed by atoms with Crippen LogP contribution < -0.4 is 10.0 Å². The molecule has 1 aliphatic heterocycles. The molecule has 6 aromatic rings. The Morgan fingerprint density at radius 2 is 1.60 bits per heavy atom. The van der Waals surface area contributed by atoms with Crippen molar-refractivity contribution in [1.82, 2.24) is 28.7 Å². The maximum absolute atomic E-state index is 15.9. The molecule has 0 saturated carbocycles. The monoisotopic (exact) mass is 750 g/mol. The molecular formula is C35H33F3N8O4S2. The van der Waals surface area contributed by atoms with Gasteiger partial charge in [-0.1, -0.05) is 24.3 Å². The zero-order chi connectivity index (χ0) is 36.9. The van der Waals surface area contributed by atoms with Crippen molar-refractivity contribution in [2.24, 2.45) is 0 Å². The van der Waals surface area contributed by atoms with Crippen molar-refractivity contribution in [3.8, 4) is 5.82 Å². The molecule has 270 valence electrons. The number of rotatable bonds is 9. The number of benzene rings is 3. The zero-order valence-corrected chi connectivity index (χ0v) is 29.8. The summed E-state index contributed by atoms with van der Waals surface area (Å²) >= 11 is 0. The second kappa shape index (κ2) is 13.5. The summed E-state index contributed by atoms with van der Waals surface area (Å²) in [4.78, 5) is 14.9. The van der Waals surface area contributed by atoms with Crippen LogP contribution in [-0.4, -0.2) is 78.8 Å². The van der Waals surface area contributed by atoms with Crippen LogP contribution in [0.2, 0.25) is 0 Å². The average Bonchev–Trinajstić information content (AvgIpc) is 3.53. The number of fused-ring (bicyclic) bond motifs is 2. The summed E-state index contributed by atoms with van der Waals surface area (Å²) in [6.45, 7) is 2.03. The number of para-hydroxylation sites is 1. The predicted octanol–water partition coefficient (Wildman–Crippen LogP) is 5.95. The highest BCUT2D eigenvalue weighted by Gasteiger charge is 2.33. The van der Waals surface area contributed by atoms with Crippen LogP contribution in [-0.2, 0) is 20.0 Å². The van der Waals surface area contributed by atoms with E-state index in [2.05, 4.69) is 24.9 Å². The molecule has 12 nitrogen and oxygen atoms in total. The fourth-order valence-corrected chi connectivity index (χ4v) is 9.35. The van der Waals surface area contributed by atoms with Gasteiger partial charge in [-0.15, -0.1) is 0 Å². The lowest BCUT2D eigenvalue weighted by Gasteiger charge is -2.34. The third-order valence-electron chi connectivity index (χ3n) is 9.25. The Labute approximate surface area is 298 Å². The minimum atomic E-state index is -4.47. The normalized spacial score (nSPS) is 14.8. The van der Waals surface area contributed by atoms with E-state index in [1.807, 2.05) is 14.1 Å². The van der Waals surface area contributed by atoms with E-state index < -0.39 is 53.8 Å². The van der Waals surface area contributed by atoms with E-state index in [-0.39, 0.29) is 33.7 Å². The van der Waals surface area contributed by atoms with Gasteiger partial charge in [0.05, 0.1) is 21.6 Å². The molecule has 2 N–H and O–H groups in total. The van der Waals surface area contributed by atoms with Crippen molar-refractivity contribution in [3.05, 3.63) is 102 Å². The van der Waals surface area contributed by atoms with Crippen molar-refractivity contribution >= 4 is 59.2 Å². The highest BCUT2D eigenvalue weighted by molar-refractivity contribution is 7.92. The molecule has 1 fully saturated rings. The second-order valence-electron chi connectivity index (χ2n) is 12.6. The summed E-state index contributed by atoms with van der Waals surface area (Å²) < 4.78 is 105. The maximum Gasteiger partial charge on any atom is 0.262 e. The number of nitrogens with one attached hydrogen (secondary N) is 2. The Kier molecular flexibility index (Phi) is 9.14. The number of pyridine rings is 1. The van der Waals surface area contributed by atoms with Crippen LogP contribution in [0, 0.1) is 24.4 Å². The first-order valence-electron chi connectivity index (χ1n) is 16.2. The summed E-state index contributed by atoms with van der Waals surface area (Å²) in [6.07, 6.45) is 4.08. The van der Waals surface area contributed by atoms with E-state index in [0.717, 1.165) is 30.6 Å². The molecule has 0 unspecified atom stereocenters. The van der Waals surface area contributed by atoms with Gasteiger partial charge in [0, 0.05) is 36.3 Å². The number of piperidine rings is 1. The van der Waals surface area contributed by atoms with Crippen LogP contribution in [0.15, 0.2) is 89.0 Å². The Morgan fingerprint density at radius 1 is 0.846 bits per heavy atom. The first kappa shape index (κ1) is 35.3. The smallest absolute Gasteiger partial charge is 0.262 e. The molecule has 0 amide bonds. The standard InChI is InChI=1S/C35H33F3N8O4S2/c1-21-24(36)8-6-10-29(21)51(47,48)43-26-12-11-25(37)33(32(26)38)42-35-34-27(39-20-40-35)13-14-31(41-34)46-19-30(23-7-4-5-9-28(23)46)52(49,50)45-17-15-22(16-18-45)44(2)3/h4-14,19-20,22,43H,15-18H2,1-3H3,(H,39,40,42). The Balaban J connectivity index is 1.25. The minimum absolute atomic E-state index is 0.0908. The van der Waals surface area contributed by atoms with Crippen LogP contribution >= 0.6 is 0 Å². The van der Waals surface area contributed by atoms with Crippen molar-refractivity contribution in [3.63, 3.8) is 0 Å². The van der Waals surface area contributed by atoms with Gasteiger partial charge >= 0.3 is 0 Å². The summed E-state index contributed by atoms with van der Waals surface area (Å²) in [6, 6.07) is 15.8. The van der Waals surface area contributed by atoms with E-state index in [0.29, 0.717) is 42.4 Å². The first-order valence-corrected chi connectivity index (χ1v) is 19.1. The molecule has 52 heavy (non-hydrogen) atoms. The lowest BCUT2D eigenvalue weighted by molar-refractivity contribution is 0.196. The first-order chi connectivity index (χ1) is 24.8. The Morgan fingerprint density at radius 3 is 2.35 bits per heavy atom. The van der Waals surface area contributed by atoms with Gasteiger partial charge in [0.2, 0.25) is 10.0 Å². The number of aromatic nitrogens is 4. The van der Waals surface area contributed by atoms with Crippen molar-refractivity contribution in [1.29, 1.82) is 0 Å². The molecule has 0 atom stereocenters. The van der Waals surface area contributed by atoms with Crippen molar-refractivity contribution < 1.29 is 30.0 Å². The predicted molar refractivity (Wildman–Crippen MR) is 191 cm³/mol. The quantitative estimate of drug-likeness (QED) is 0.183. The lowest BCUT2D eigenvalue weighted by atomic mass is 10.1. The van der Waals surface area contributed by atoms with Crippen molar-refractivity contribution in [2.75, 3.05) is 37.2 Å². The molecule has 4 heterocycles. The van der Waals surface area contributed by atoms with Gasteiger partial charge in [0.1, 0.15) is 39.9 Å².